The molecule has 0 aromatic heterocycles. The molecule has 5 heteroatoms. The molecule has 0 saturated carbocycles. The van der Waals surface area contributed by atoms with E-state index in [-0.39, 0.29) is 5.69 Å². The fourth-order valence-electron chi connectivity index (χ4n) is 1.28. The van der Waals surface area contributed by atoms with Crippen molar-refractivity contribution in [3.05, 3.63) is 34.4 Å². The van der Waals surface area contributed by atoms with Crippen LogP contribution in [-0.2, 0) is 0 Å². The van der Waals surface area contributed by atoms with Crippen LogP contribution in [0.1, 0.15) is 20.3 Å². The summed E-state index contributed by atoms with van der Waals surface area (Å²) in [5, 5.41) is 13.7. The van der Waals surface area contributed by atoms with Crippen LogP contribution in [0.4, 0.5) is 5.69 Å². The minimum absolute atomic E-state index is 0.0788. The van der Waals surface area contributed by atoms with Gasteiger partial charge in [-0.1, -0.05) is 6.92 Å². The van der Waals surface area contributed by atoms with Gasteiger partial charge in [0, 0.05) is 24.7 Å². The lowest BCUT2D eigenvalue weighted by atomic mass is 10.3. The molecular weight excluding hydrogens is 220 g/mol. The van der Waals surface area contributed by atoms with Gasteiger partial charge in [-0.05, 0) is 25.5 Å². The van der Waals surface area contributed by atoms with Crippen LogP contribution in [0.5, 0.6) is 5.75 Å². The highest BCUT2D eigenvalue weighted by Crippen LogP contribution is 2.16. The number of ether oxygens (including phenoxy) is 1. The highest BCUT2D eigenvalue weighted by atomic mass is 16.6. The first-order valence-corrected chi connectivity index (χ1v) is 5.74. The third kappa shape index (κ3) is 4.82. The van der Waals surface area contributed by atoms with Crippen LogP contribution in [0.2, 0.25) is 0 Å². The van der Waals surface area contributed by atoms with Gasteiger partial charge in [0.2, 0.25) is 0 Å². The van der Waals surface area contributed by atoms with E-state index in [0.29, 0.717) is 18.4 Å². The van der Waals surface area contributed by atoms with E-state index in [4.69, 9.17) is 4.74 Å². The lowest BCUT2D eigenvalue weighted by molar-refractivity contribution is -0.384. The molecule has 5 nitrogen and oxygen atoms in total. The van der Waals surface area contributed by atoms with Gasteiger partial charge in [-0.2, -0.15) is 0 Å². The Hall–Kier alpha value is -1.62. The van der Waals surface area contributed by atoms with Gasteiger partial charge in [0.1, 0.15) is 12.4 Å². The zero-order chi connectivity index (χ0) is 12.7. The number of hydrogen-bond donors (Lipinski definition) is 1. The maximum absolute atomic E-state index is 10.4. The molecule has 0 aliphatic heterocycles. The maximum Gasteiger partial charge on any atom is 0.269 e. The Balaban J connectivity index is 2.30. The summed E-state index contributed by atoms with van der Waals surface area (Å²) in [5.74, 6) is 0.654. The molecule has 0 unspecified atom stereocenters. The fourth-order valence-corrected chi connectivity index (χ4v) is 1.28. The van der Waals surface area contributed by atoms with E-state index >= 15 is 0 Å². The number of nitrogens with zero attached hydrogens (tertiary/aromatic N) is 1. The van der Waals surface area contributed by atoms with Gasteiger partial charge in [0.05, 0.1) is 4.92 Å². The van der Waals surface area contributed by atoms with Crippen LogP contribution in [0.25, 0.3) is 0 Å². The molecule has 94 valence electrons. The van der Waals surface area contributed by atoms with Crippen LogP contribution in [-0.4, -0.2) is 24.1 Å². The Morgan fingerprint density at radius 3 is 2.59 bits per heavy atom. The summed E-state index contributed by atoms with van der Waals surface area (Å²) in [7, 11) is 0. The number of nitro benzene ring substituents is 1. The number of rotatable bonds is 7. The van der Waals surface area contributed by atoms with Crippen molar-refractivity contribution in [1.29, 1.82) is 0 Å². The summed E-state index contributed by atoms with van der Waals surface area (Å²) in [5.41, 5.74) is 0.0788. The van der Waals surface area contributed by atoms with Gasteiger partial charge in [-0.3, -0.25) is 10.1 Å². The van der Waals surface area contributed by atoms with Gasteiger partial charge in [0.15, 0.2) is 0 Å². The Morgan fingerprint density at radius 1 is 1.41 bits per heavy atom. The van der Waals surface area contributed by atoms with Crippen molar-refractivity contribution in [3.8, 4) is 5.75 Å². The van der Waals surface area contributed by atoms with Crippen LogP contribution in [0.15, 0.2) is 24.3 Å². The topological polar surface area (TPSA) is 64.4 Å². The van der Waals surface area contributed by atoms with E-state index in [0.717, 1.165) is 13.0 Å². The van der Waals surface area contributed by atoms with Crippen LogP contribution < -0.4 is 10.1 Å². The lowest BCUT2D eigenvalue weighted by Gasteiger charge is -2.11. The summed E-state index contributed by atoms with van der Waals surface area (Å²) in [6.45, 7) is 5.56. The molecule has 0 radical (unpaired) electrons. The second-order valence-electron chi connectivity index (χ2n) is 3.86. The summed E-state index contributed by atoms with van der Waals surface area (Å²) < 4.78 is 5.45. The van der Waals surface area contributed by atoms with E-state index in [1.54, 1.807) is 12.1 Å². The number of benzene rings is 1. The molecule has 1 aromatic rings. The van der Waals surface area contributed by atoms with E-state index < -0.39 is 4.92 Å². The zero-order valence-corrected chi connectivity index (χ0v) is 10.2. The first-order valence-electron chi connectivity index (χ1n) is 5.74. The number of nitro groups is 1. The molecule has 1 N–H and O–H groups in total. The maximum atomic E-state index is 10.4. The molecule has 0 spiro atoms. The Morgan fingerprint density at radius 2 is 2.06 bits per heavy atom. The molecule has 17 heavy (non-hydrogen) atoms. The first-order chi connectivity index (χ1) is 8.13. The summed E-state index contributed by atoms with van der Waals surface area (Å²) in [6, 6.07) is 6.59. The minimum atomic E-state index is -0.422. The van der Waals surface area contributed by atoms with Crippen molar-refractivity contribution >= 4 is 5.69 Å². The Bertz CT molecular complexity index is 351. The van der Waals surface area contributed by atoms with Crippen molar-refractivity contribution in [2.24, 2.45) is 0 Å². The SMILES string of the molecule is CC[C@@H](C)NCCOc1ccc([N+](=O)[O-])cc1. The van der Waals surface area contributed by atoms with E-state index in [1.165, 1.54) is 12.1 Å². The highest BCUT2D eigenvalue weighted by molar-refractivity contribution is 5.35. The van der Waals surface area contributed by atoms with E-state index in [1.807, 2.05) is 0 Å². The zero-order valence-electron chi connectivity index (χ0n) is 10.2. The third-order valence-corrected chi connectivity index (χ3v) is 2.52. The molecule has 1 rings (SSSR count). The second kappa shape index (κ2) is 6.85. The predicted octanol–water partition coefficient (Wildman–Crippen LogP) is 2.36. The van der Waals surface area contributed by atoms with Gasteiger partial charge >= 0.3 is 0 Å². The van der Waals surface area contributed by atoms with Crippen molar-refractivity contribution in [3.63, 3.8) is 0 Å². The monoisotopic (exact) mass is 238 g/mol. The average molecular weight is 238 g/mol. The van der Waals surface area contributed by atoms with E-state index in [9.17, 15) is 10.1 Å². The molecule has 0 bridgehead atoms. The summed E-state index contributed by atoms with van der Waals surface area (Å²) >= 11 is 0. The fraction of sp³-hybridized carbons (Fsp3) is 0.500. The van der Waals surface area contributed by atoms with Crippen LogP contribution >= 0.6 is 0 Å². The average Bonchev–Trinajstić information content (AvgIpc) is 2.34. The van der Waals surface area contributed by atoms with E-state index in [2.05, 4.69) is 19.2 Å². The molecule has 1 atom stereocenters. The summed E-state index contributed by atoms with van der Waals surface area (Å²) in [6.07, 6.45) is 1.08. The molecule has 0 saturated heterocycles. The summed E-state index contributed by atoms with van der Waals surface area (Å²) in [4.78, 5) is 10.0. The number of nitrogens with one attached hydrogen (secondary N) is 1. The molecule has 0 heterocycles. The quantitative estimate of drug-likeness (QED) is 0.450. The Kier molecular flexibility index (Phi) is 5.42. The first kappa shape index (κ1) is 13.4. The van der Waals surface area contributed by atoms with Crippen LogP contribution in [0.3, 0.4) is 0 Å². The third-order valence-electron chi connectivity index (χ3n) is 2.52. The molecular formula is C12H18N2O3. The molecule has 0 aliphatic carbocycles. The molecule has 0 amide bonds. The Labute approximate surface area is 101 Å². The smallest absolute Gasteiger partial charge is 0.269 e. The van der Waals surface area contributed by atoms with Gasteiger partial charge in [0.25, 0.3) is 5.69 Å². The van der Waals surface area contributed by atoms with Crippen LogP contribution in [0, 0.1) is 10.1 Å². The van der Waals surface area contributed by atoms with Crippen molar-refractivity contribution in [1.82, 2.24) is 5.32 Å². The van der Waals surface area contributed by atoms with Crippen molar-refractivity contribution < 1.29 is 9.66 Å². The predicted molar refractivity (Wildman–Crippen MR) is 66.3 cm³/mol. The van der Waals surface area contributed by atoms with Gasteiger partial charge in [-0.25, -0.2) is 0 Å². The largest absolute Gasteiger partial charge is 0.492 e. The van der Waals surface area contributed by atoms with Gasteiger partial charge < -0.3 is 10.1 Å². The van der Waals surface area contributed by atoms with Crippen molar-refractivity contribution in [2.45, 2.75) is 26.3 Å². The van der Waals surface area contributed by atoms with Gasteiger partial charge in [-0.15, -0.1) is 0 Å². The lowest BCUT2D eigenvalue weighted by Crippen LogP contribution is -2.29. The second-order valence-corrected chi connectivity index (χ2v) is 3.86. The standard InChI is InChI=1S/C12H18N2O3/c1-3-10(2)13-8-9-17-12-6-4-11(5-7-12)14(15)16/h4-7,10,13H,3,8-9H2,1-2H3/t10-/m1/s1. The number of non-ortho nitro benzene ring substituents is 1. The van der Waals surface area contributed by atoms with Crippen molar-refractivity contribution in [2.75, 3.05) is 13.2 Å². The number of hydrogen-bond acceptors (Lipinski definition) is 4. The highest BCUT2D eigenvalue weighted by Gasteiger charge is 2.04. The minimum Gasteiger partial charge on any atom is -0.492 e. The molecule has 1 aromatic carbocycles. The molecule has 0 aliphatic rings. The molecule has 0 fully saturated rings. The normalized spacial score (nSPS) is 12.1.